The van der Waals surface area contributed by atoms with Crippen LogP contribution in [0.1, 0.15) is 28.6 Å². The van der Waals surface area contributed by atoms with Gasteiger partial charge in [-0.25, -0.2) is 0 Å². The summed E-state index contributed by atoms with van der Waals surface area (Å²) in [6, 6.07) is 21.6. The highest BCUT2D eigenvalue weighted by Crippen LogP contribution is 2.49. The average molecular weight is 682 g/mol. The van der Waals surface area contributed by atoms with Crippen LogP contribution >= 0.6 is 23.3 Å². The molecule has 2 aromatic heterocycles. The van der Waals surface area contributed by atoms with Crippen molar-refractivity contribution in [3.05, 3.63) is 127 Å². The van der Waals surface area contributed by atoms with Crippen LogP contribution in [-0.2, 0) is 24.0 Å². The van der Waals surface area contributed by atoms with Crippen molar-refractivity contribution in [3.8, 4) is 0 Å². The first-order valence-corrected chi connectivity index (χ1v) is 16.7. The van der Waals surface area contributed by atoms with E-state index in [-0.39, 0.29) is 41.5 Å². The molecule has 48 heavy (non-hydrogen) atoms. The molecule has 0 spiro atoms. The second-order valence-corrected chi connectivity index (χ2v) is 12.9. The normalized spacial score (nSPS) is 20.3. The number of pyridine rings is 1. The fourth-order valence-corrected chi connectivity index (χ4v) is 7.51. The number of rotatable bonds is 12. The van der Waals surface area contributed by atoms with E-state index in [1.54, 1.807) is 23.4 Å². The smallest absolute Gasteiger partial charge is 0.320 e. The highest BCUT2D eigenvalue weighted by Gasteiger charge is 2.59. The van der Waals surface area contributed by atoms with Crippen LogP contribution in [0.3, 0.4) is 0 Å². The Hall–Kier alpha value is -5.34. The number of esters is 1. The van der Waals surface area contributed by atoms with Crippen molar-refractivity contribution < 1.29 is 24.0 Å². The molecule has 0 radical (unpaired) electrons. The molecule has 2 aromatic carbocycles. The molecule has 4 heterocycles. The van der Waals surface area contributed by atoms with E-state index in [1.807, 2.05) is 66.7 Å². The number of hydrogen-bond acceptors (Lipinski definition) is 12. The van der Waals surface area contributed by atoms with E-state index >= 15 is 0 Å². The van der Waals surface area contributed by atoms with Crippen molar-refractivity contribution in [1.82, 2.24) is 24.6 Å². The summed E-state index contributed by atoms with van der Waals surface area (Å²) < 4.78 is 10.4. The molecular weight excluding hydrogens is 651 g/mol. The third-order valence-electron chi connectivity index (χ3n) is 7.99. The zero-order chi connectivity index (χ0) is 33.7. The molecule has 2 saturated heterocycles. The number of oxime groups is 1. The van der Waals surface area contributed by atoms with Crippen molar-refractivity contribution in [1.29, 1.82) is 0 Å². The summed E-state index contributed by atoms with van der Waals surface area (Å²) in [6.07, 6.45) is 4.03. The first-order valence-electron chi connectivity index (χ1n) is 14.9. The molecule has 6 rings (SSSR count). The number of nitrogens with two attached hydrogens (primary N) is 1. The van der Waals surface area contributed by atoms with Gasteiger partial charge in [0.1, 0.15) is 23.4 Å². The number of thioether (sulfide) groups is 1. The van der Waals surface area contributed by atoms with Gasteiger partial charge in [0.25, 0.3) is 5.91 Å². The molecule has 3 N–H and O–H groups in total. The second kappa shape index (κ2) is 14.2. The van der Waals surface area contributed by atoms with Crippen molar-refractivity contribution >= 4 is 57.5 Å². The third kappa shape index (κ3) is 6.44. The molecule has 2 aliphatic heterocycles. The zero-order valence-electron chi connectivity index (χ0n) is 25.6. The van der Waals surface area contributed by atoms with Crippen LogP contribution < -0.4 is 11.1 Å². The summed E-state index contributed by atoms with van der Waals surface area (Å²) in [5, 5.41) is 6.28. The topological polar surface area (TPSA) is 162 Å². The number of aromatic nitrogens is 3. The molecule has 12 nitrogen and oxygen atoms in total. The third-order valence-corrected chi connectivity index (χ3v) is 10.1. The Bertz CT molecular complexity index is 1820. The number of benzene rings is 2. The van der Waals surface area contributed by atoms with E-state index in [1.165, 1.54) is 17.8 Å². The largest absolute Gasteiger partial charge is 0.452 e. The van der Waals surface area contributed by atoms with Crippen LogP contribution in [0.15, 0.2) is 110 Å². The summed E-state index contributed by atoms with van der Waals surface area (Å²) in [5.41, 5.74) is 6.91. The van der Waals surface area contributed by atoms with Gasteiger partial charge < -0.3 is 25.5 Å². The number of carbonyl (C=O) groups excluding carboxylic acids is 3. The Morgan fingerprint density at radius 2 is 1.83 bits per heavy atom. The van der Waals surface area contributed by atoms with Crippen LogP contribution in [0.25, 0.3) is 5.57 Å². The monoisotopic (exact) mass is 681 g/mol. The number of ether oxygens (including phenoxy) is 1. The van der Waals surface area contributed by atoms with E-state index in [0.29, 0.717) is 11.1 Å². The lowest BCUT2D eigenvalue weighted by Gasteiger charge is -2.54. The van der Waals surface area contributed by atoms with Crippen LogP contribution in [-0.4, -0.2) is 73.1 Å². The van der Waals surface area contributed by atoms with Gasteiger partial charge in [-0.2, -0.15) is 9.36 Å². The molecule has 14 heteroatoms. The molecule has 0 aliphatic carbocycles. The number of hydrogen-bond donors (Lipinski definition) is 2. The van der Waals surface area contributed by atoms with Crippen LogP contribution in [0.2, 0.25) is 0 Å². The van der Waals surface area contributed by atoms with Gasteiger partial charge in [0.15, 0.2) is 11.2 Å². The van der Waals surface area contributed by atoms with Gasteiger partial charge in [-0.3, -0.25) is 19.4 Å². The molecule has 4 aromatic rings. The van der Waals surface area contributed by atoms with Gasteiger partial charge in [-0.05, 0) is 28.3 Å². The molecule has 0 saturated carbocycles. The standard InChI is InChI=1S/C34H31N7O5S2/c1-3-17-45-39-25(28-38-33(35)48-40-28)29(42)37-26-30(43)41-19-34(20-47-31(26)41,21(2)24-15-10-16-36-18-24)32(44)46-27(22-11-6-4-7-12-22)23-13-8-5-9-14-23/h3-16,18,26-27,31H,1-2,17,19-20H2,(H,37,42)(H2,35,38,40)/t26?,31-,34?/m1/s1. The Labute approximate surface area is 284 Å². The fraction of sp³-hybridized carbons (Fsp3) is 0.206. The van der Waals surface area contributed by atoms with Crippen molar-refractivity contribution in [2.45, 2.75) is 17.5 Å². The second-order valence-electron chi connectivity index (χ2n) is 11.0. The summed E-state index contributed by atoms with van der Waals surface area (Å²) in [7, 11) is 0. The summed E-state index contributed by atoms with van der Waals surface area (Å²) >= 11 is 2.25. The lowest BCUT2D eigenvalue weighted by Crippen LogP contribution is -2.74. The Morgan fingerprint density at radius 3 is 2.44 bits per heavy atom. The van der Waals surface area contributed by atoms with Crippen molar-refractivity contribution in [2.75, 3.05) is 24.6 Å². The van der Waals surface area contributed by atoms with Crippen LogP contribution in [0.5, 0.6) is 0 Å². The Balaban J connectivity index is 1.26. The maximum atomic E-state index is 14.5. The van der Waals surface area contributed by atoms with Gasteiger partial charge in [0.2, 0.25) is 17.4 Å². The quantitative estimate of drug-likeness (QED) is 0.0561. The molecule has 2 fully saturated rings. The zero-order valence-corrected chi connectivity index (χ0v) is 27.2. The van der Waals surface area contributed by atoms with E-state index in [9.17, 15) is 14.4 Å². The van der Waals surface area contributed by atoms with E-state index in [4.69, 9.17) is 15.3 Å². The van der Waals surface area contributed by atoms with Crippen LogP contribution in [0, 0.1) is 5.41 Å². The van der Waals surface area contributed by atoms with Crippen molar-refractivity contribution in [2.24, 2.45) is 10.6 Å². The average Bonchev–Trinajstić information content (AvgIpc) is 3.57. The molecule has 2 unspecified atom stereocenters. The Kier molecular flexibility index (Phi) is 9.64. The number of anilines is 1. The first kappa shape index (κ1) is 32.6. The van der Waals surface area contributed by atoms with Crippen molar-refractivity contribution in [3.63, 3.8) is 0 Å². The first-order chi connectivity index (χ1) is 23.3. The summed E-state index contributed by atoms with van der Waals surface area (Å²) in [4.78, 5) is 56.5. The maximum Gasteiger partial charge on any atom is 0.320 e. The maximum absolute atomic E-state index is 14.5. The van der Waals surface area contributed by atoms with Gasteiger partial charge in [-0.15, -0.1) is 11.8 Å². The highest BCUT2D eigenvalue weighted by molar-refractivity contribution is 8.00. The van der Waals surface area contributed by atoms with Gasteiger partial charge in [0.05, 0.1) is 0 Å². The van der Waals surface area contributed by atoms with E-state index < -0.39 is 34.8 Å². The predicted molar refractivity (Wildman–Crippen MR) is 183 cm³/mol. The highest BCUT2D eigenvalue weighted by atomic mass is 32.2. The minimum atomic E-state index is -1.32. The molecule has 2 amide bonds. The molecule has 0 bridgehead atoms. The Morgan fingerprint density at radius 1 is 1.12 bits per heavy atom. The van der Waals surface area contributed by atoms with Gasteiger partial charge >= 0.3 is 5.97 Å². The molecule has 2 aliphatic rings. The number of amides is 2. The summed E-state index contributed by atoms with van der Waals surface area (Å²) in [6.45, 7) is 7.94. The molecule has 244 valence electrons. The predicted octanol–water partition coefficient (Wildman–Crippen LogP) is 3.85. The minimum absolute atomic E-state index is 0.00764. The number of nitrogens with one attached hydrogen (secondary N) is 1. The van der Waals surface area contributed by atoms with Gasteiger partial charge in [-0.1, -0.05) is 91.1 Å². The van der Waals surface area contributed by atoms with E-state index in [0.717, 1.165) is 22.7 Å². The lowest BCUT2D eigenvalue weighted by atomic mass is 9.77. The molecular formula is C34H31N7O5S2. The SMILES string of the molecule is C=CCON=C(C(=O)NC1C(=O)N2CC(C(=C)c3cccnc3)(C(=O)OC(c3ccccc3)c3ccccc3)CS[C@H]12)c1nsc(N)n1. The number of β-lactam (4-membered cyclic amide) rings is 1. The number of fused-ring (bicyclic) bond motifs is 1. The molecule has 3 atom stereocenters. The van der Waals surface area contributed by atoms with Gasteiger partial charge in [0, 0.05) is 36.2 Å². The van der Waals surface area contributed by atoms with E-state index in [2.05, 4.69) is 38.0 Å². The number of carbonyl (C=O) groups is 3. The van der Waals surface area contributed by atoms with Crippen LogP contribution in [0.4, 0.5) is 5.13 Å². The number of nitrogens with zero attached hydrogens (tertiary/aromatic N) is 5. The fourth-order valence-electron chi connectivity index (χ4n) is 5.51. The lowest BCUT2D eigenvalue weighted by molar-refractivity contribution is -0.161. The summed E-state index contributed by atoms with van der Waals surface area (Å²) in [5.74, 6) is -1.41. The number of nitrogen functional groups attached to an aromatic ring is 1. The minimum Gasteiger partial charge on any atom is -0.452 e.